The highest BCUT2D eigenvalue weighted by molar-refractivity contribution is 6.10. The number of hydrogen-bond acceptors (Lipinski definition) is 7. The molecule has 0 aromatic heterocycles. The van der Waals surface area contributed by atoms with Crippen LogP contribution in [0.25, 0.3) is 33.4 Å². The van der Waals surface area contributed by atoms with Crippen LogP contribution >= 0.6 is 0 Å². The number of anilines is 1. The molecule has 0 radical (unpaired) electrons. The Balaban J connectivity index is 1.53. The first kappa shape index (κ1) is 26.1. The zero-order valence-corrected chi connectivity index (χ0v) is 20.7. The predicted molar refractivity (Wildman–Crippen MR) is 145 cm³/mol. The molecule has 1 aliphatic carbocycles. The van der Waals surface area contributed by atoms with E-state index in [2.05, 4.69) is 5.32 Å². The quantitative estimate of drug-likeness (QED) is 0.226. The number of amides is 1. The number of carboxylic acid groups (broad SMARTS) is 2. The Kier molecular flexibility index (Phi) is 6.76. The van der Waals surface area contributed by atoms with E-state index in [-0.39, 0.29) is 45.6 Å². The van der Waals surface area contributed by atoms with Gasteiger partial charge in [-0.05, 0) is 60.0 Å². The average molecular weight is 538 g/mol. The standard InChI is InChI=1S/C30H22N2O8/c31-24(30(38)39)11-15-1-4-17(5-2-15)32-28(35)16-3-8-20(23(12-16)29(36)37)27-21-9-6-18(33)13-25(21)40-26-14-19(34)7-10-22(26)27/h1-10,12-14,24,33H,11,31H2,(H,32,35)(H,36,37)(H,38,39)/p-1/t24-/m0/s1. The molecular weight excluding hydrogens is 516 g/mol. The van der Waals surface area contributed by atoms with Crippen LogP contribution < -0.4 is 21.6 Å². The van der Waals surface area contributed by atoms with Gasteiger partial charge in [-0.15, -0.1) is 5.75 Å². The largest absolute Gasteiger partial charge is 0.872 e. The van der Waals surface area contributed by atoms with Crippen molar-refractivity contribution in [2.75, 3.05) is 5.32 Å². The lowest BCUT2D eigenvalue weighted by Gasteiger charge is -2.18. The minimum atomic E-state index is -1.29. The number of benzene rings is 4. The van der Waals surface area contributed by atoms with Crippen LogP contribution in [0, 0.1) is 0 Å². The van der Waals surface area contributed by atoms with Crippen molar-refractivity contribution in [3.63, 3.8) is 0 Å². The van der Waals surface area contributed by atoms with E-state index in [0.29, 0.717) is 27.8 Å². The molecule has 0 bridgehead atoms. The number of fused-ring (bicyclic) bond motifs is 2. The maximum absolute atomic E-state index is 13.0. The fourth-order valence-electron chi connectivity index (χ4n) is 4.49. The first-order chi connectivity index (χ1) is 19.1. The van der Waals surface area contributed by atoms with Gasteiger partial charge in [0.15, 0.2) is 5.43 Å². The Labute approximate surface area is 226 Å². The molecule has 1 amide bonds. The summed E-state index contributed by atoms with van der Waals surface area (Å²) in [5, 5.41) is 34.2. The molecule has 5 rings (SSSR count). The zero-order valence-electron chi connectivity index (χ0n) is 20.7. The molecule has 0 saturated carbocycles. The van der Waals surface area contributed by atoms with Crippen molar-refractivity contribution in [1.29, 1.82) is 0 Å². The third kappa shape index (κ3) is 5.11. The molecule has 3 aromatic rings. The second-order valence-electron chi connectivity index (χ2n) is 9.16. The number of aliphatic carboxylic acids is 1. The highest BCUT2D eigenvalue weighted by atomic mass is 16.4. The molecule has 40 heavy (non-hydrogen) atoms. The molecule has 1 atom stereocenters. The Bertz CT molecular complexity index is 1820. The molecule has 1 aliphatic heterocycles. The zero-order chi connectivity index (χ0) is 28.6. The molecule has 10 heteroatoms. The second kappa shape index (κ2) is 10.4. The molecule has 200 valence electrons. The first-order valence-electron chi connectivity index (χ1n) is 12.0. The van der Waals surface area contributed by atoms with E-state index in [4.69, 9.17) is 15.3 Å². The summed E-state index contributed by atoms with van der Waals surface area (Å²) in [7, 11) is 0. The average Bonchev–Trinajstić information content (AvgIpc) is 2.92. The number of hydrogen-bond donors (Lipinski definition) is 4. The molecule has 0 unspecified atom stereocenters. The molecule has 2 aliphatic rings. The van der Waals surface area contributed by atoms with Gasteiger partial charge in [0.05, 0.1) is 5.56 Å². The summed E-state index contributed by atoms with van der Waals surface area (Å²) in [5.41, 5.74) is 7.61. The minimum absolute atomic E-state index is 0.0797. The SMILES string of the molecule is N[C@@H](Cc1ccc(NC(=O)c2ccc(-c3c4ccc(=O)cc-4oc4cc([O-])ccc34)c(C(=O)O)c2)cc1)C(=O)O. The number of carbonyl (C=O) groups is 3. The molecule has 10 nitrogen and oxygen atoms in total. The van der Waals surface area contributed by atoms with Crippen LogP contribution in [0.5, 0.6) is 5.75 Å². The molecule has 0 fully saturated rings. The van der Waals surface area contributed by atoms with Gasteiger partial charge in [0.1, 0.15) is 17.4 Å². The number of aromatic carboxylic acids is 1. The van der Waals surface area contributed by atoms with Crippen molar-refractivity contribution >= 4 is 34.5 Å². The lowest BCUT2D eigenvalue weighted by atomic mass is 9.90. The van der Waals surface area contributed by atoms with Crippen molar-refractivity contribution in [2.45, 2.75) is 12.5 Å². The van der Waals surface area contributed by atoms with E-state index < -0.39 is 23.9 Å². The summed E-state index contributed by atoms with van der Waals surface area (Å²) in [6.45, 7) is 0. The van der Waals surface area contributed by atoms with Crippen molar-refractivity contribution in [3.05, 3.63) is 106 Å². The van der Waals surface area contributed by atoms with Gasteiger partial charge in [-0.25, -0.2) is 4.79 Å². The monoisotopic (exact) mass is 537 g/mol. The van der Waals surface area contributed by atoms with Crippen LogP contribution in [0.2, 0.25) is 0 Å². The van der Waals surface area contributed by atoms with E-state index in [9.17, 15) is 29.4 Å². The fraction of sp³-hybridized carbons (Fsp3) is 0.0667. The molecule has 0 spiro atoms. The Hall–Kier alpha value is -5.48. The maximum Gasteiger partial charge on any atom is 0.336 e. The fourth-order valence-corrected chi connectivity index (χ4v) is 4.49. The number of nitrogens with two attached hydrogens (primary N) is 1. The van der Waals surface area contributed by atoms with Crippen molar-refractivity contribution in [3.8, 4) is 28.2 Å². The van der Waals surface area contributed by atoms with Crippen LogP contribution in [-0.4, -0.2) is 34.1 Å². The van der Waals surface area contributed by atoms with Gasteiger partial charge in [-0.2, -0.15) is 0 Å². The van der Waals surface area contributed by atoms with Gasteiger partial charge in [0.2, 0.25) is 0 Å². The summed E-state index contributed by atoms with van der Waals surface area (Å²) in [6.07, 6.45) is 0.120. The van der Waals surface area contributed by atoms with Gasteiger partial charge < -0.3 is 30.8 Å². The molecular formula is C30H21N2O8-. The van der Waals surface area contributed by atoms with Crippen LogP contribution in [0.3, 0.4) is 0 Å². The van der Waals surface area contributed by atoms with Gasteiger partial charge >= 0.3 is 11.9 Å². The second-order valence-corrected chi connectivity index (χ2v) is 9.16. The molecule has 1 heterocycles. The van der Waals surface area contributed by atoms with Crippen LogP contribution in [0.4, 0.5) is 5.69 Å². The number of carbonyl (C=O) groups excluding carboxylic acids is 1. The predicted octanol–water partition coefficient (Wildman–Crippen LogP) is 3.54. The van der Waals surface area contributed by atoms with Crippen molar-refractivity contribution < 1.29 is 34.1 Å². The summed E-state index contributed by atoms with van der Waals surface area (Å²) >= 11 is 0. The summed E-state index contributed by atoms with van der Waals surface area (Å²) < 4.78 is 5.79. The minimum Gasteiger partial charge on any atom is -0.872 e. The topological polar surface area (TPSA) is 183 Å². The molecule has 3 aromatic carbocycles. The van der Waals surface area contributed by atoms with E-state index in [1.165, 1.54) is 54.6 Å². The highest BCUT2D eigenvalue weighted by Crippen LogP contribution is 2.41. The number of carboxylic acids is 2. The maximum atomic E-state index is 13.0. The van der Waals surface area contributed by atoms with Gasteiger partial charge in [-0.1, -0.05) is 30.3 Å². The number of nitrogens with one attached hydrogen (secondary N) is 1. The molecule has 5 N–H and O–H groups in total. The lowest BCUT2D eigenvalue weighted by molar-refractivity contribution is -0.268. The van der Waals surface area contributed by atoms with Crippen LogP contribution in [0.1, 0.15) is 26.3 Å². The van der Waals surface area contributed by atoms with Gasteiger partial charge in [0, 0.05) is 33.8 Å². The van der Waals surface area contributed by atoms with E-state index in [1.54, 1.807) is 24.3 Å². The van der Waals surface area contributed by atoms with E-state index >= 15 is 0 Å². The summed E-state index contributed by atoms with van der Waals surface area (Å²) in [6, 6.07) is 17.9. The van der Waals surface area contributed by atoms with Crippen LogP contribution in [-0.2, 0) is 11.2 Å². The van der Waals surface area contributed by atoms with Gasteiger partial charge in [-0.3, -0.25) is 14.4 Å². The van der Waals surface area contributed by atoms with E-state index in [0.717, 1.165) is 0 Å². The van der Waals surface area contributed by atoms with Crippen molar-refractivity contribution in [1.82, 2.24) is 0 Å². The normalized spacial score (nSPS) is 11.8. The Morgan fingerprint density at radius 2 is 1.62 bits per heavy atom. The summed E-state index contributed by atoms with van der Waals surface area (Å²) in [4.78, 5) is 48.3. The Morgan fingerprint density at radius 3 is 2.33 bits per heavy atom. The summed E-state index contributed by atoms with van der Waals surface area (Å²) in [5.74, 6) is -3.10. The lowest BCUT2D eigenvalue weighted by Crippen LogP contribution is -2.32. The number of rotatable bonds is 7. The van der Waals surface area contributed by atoms with Crippen LogP contribution in [0.15, 0.2) is 88.1 Å². The van der Waals surface area contributed by atoms with Gasteiger partial charge in [0.25, 0.3) is 5.91 Å². The van der Waals surface area contributed by atoms with E-state index in [1.807, 2.05) is 0 Å². The van der Waals surface area contributed by atoms with Crippen molar-refractivity contribution in [2.24, 2.45) is 5.73 Å². The first-order valence-corrected chi connectivity index (χ1v) is 12.0. The highest BCUT2D eigenvalue weighted by Gasteiger charge is 2.23. The third-order valence-electron chi connectivity index (χ3n) is 6.43. The molecule has 0 saturated heterocycles. The third-order valence-corrected chi connectivity index (χ3v) is 6.43. The smallest absolute Gasteiger partial charge is 0.336 e. The Morgan fingerprint density at radius 1 is 0.900 bits per heavy atom.